The Labute approximate surface area is 178 Å². The maximum Gasteiger partial charge on any atom is 0.222 e. The van der Waals surface area contributed by atoms with E-state index in [0.29, 0.717) is 25.3 Å². The van der Waals surface area contributed by atoms with Crippen LogP contribution in [0.15, 0.2) is 0 Å². The molecule has 0 bridgehead atoms. The minimum atomic E-state index is 0.208. The zero-order valence-corrected chi connectivity index (χ0v) is 18.7. The normalized spacial score (nSPS) is 21.1. The van der Waals surface area contributed by atoms with Crippen LogP contribution < -0.4 is 16.4 Å². The first-order chi connectivity index (χ1) is 14.2. The third-order valence-electron chi connectivity index (χ3n) is 5.66. The van der Waals surface area contributed by atoms with Crippen molar-refractivity contribution in [2.45, 2.75) is 96.3 Å². The van der Waals surface area contributed by atoms with Gasteiger partial charge in [-0.05, 0) is 64.6 Å². The molecule has 1 aliphatic heterocycles. The monoisotopic (exact) mass is 410 g/mol. The number of amides is 2. The smallest absolute Gasteiger partial charge is 0.222 e. The Morgan fingerprint density at radius 1 is 0.724 bits per heavy atom. The second-order valence-electron chi connectivity index (χ2n) is 8.37. The van der Waals surface area contributed by atoms with Crippen LogP contribution in [-0.2, 0) is 9.59 Å². The number of nitrogens with zero attached hydrogens (tertiary/aromatic N) is 1. The Morgan fingerprint density at radius 2 is 1.34 bits per heavy atom. The van der Waals surface area contributed by atoms with Gasteiger partial charge >= 0.3 is 0 Å². The molecule has 4 N–H and O–H groups in total. The van der Waals surface area contributed by atoms with E-state index < -0.39 is 0 Å². The van der Waals surface area contributed by atoms with Crippen molar-refractivity contribution < 1.29 is 9.59 Å². The Kier molecular flexibility index (Phi) is 16.8. The third-order valence-corrected chi connectivity index (χ3v) is 5.66. The molecule has 2 amide bonds. The number of nitrogens with two attached hydrogens (primary N) is 1. The fourth-order valence-corrected chi connectivity index (χ4v) is 3.80. The molecule has 0 unspecified atom stereocenters. The fourth-order valence-electron chi connectivity index (χ4n) is 3.80. The second-order valence-corrected chi connectivity index (χ2v) is 8.37. The Hall–Kier alpha value is -1.14. The Balaban J connectivity index is 2.36. The minimum absolute atomic E-state index is 0.208. The van der Waals surface area contributed by atoms with Gasteiger partial charge in [0.2, 0.25) is 11.8 Å². The van der Waals surface area contributed by atoms with E-state index in [9.17, 15) is 9.59 Å². The van der Waals surface area contributed by atoms with Gasteiger partial charge in [0, 0.05) is 32.5 Å². The molecule has 1 saturated heterocycles. The summed E-state index contributed by atoms with van der Waals surface area (Å²) >= 11 is 0. The molecule has 0 aromatic rings. The first-order valence-electron chi connectivity index (χ1n) is 12.2. The molecular formula is C23H46N4O2. The van der Waals surface area contributed by atoms with Gasteiger partial charge in [-0.3, -0.25) is 9.59 Å². The van der Waals surface area contributed by atoms with Crippen LogP contribution in [0.2, 0.25) is 0 Å². The fraction of sp³-hybridized carbons (Fsp3) is 0.913. The highest BCUT2D eigenvalue weighted by Gasteiger charge is 2.12. The lowest BCUT2D eigenvalue weighted by Gasteiger charge is -2.23. The molecule has 0 aromatic heterocycles. The molecule has 0 aromatic carbocycles. The topological polar surface area (TPSA) is 87.5 Å². The lowest BCUT2D eigenvalue weighted by Crippen LogP contribution is -2.34. The summed E-state index contributed by atoms with van der Waals surface area (Å²) in [6.45, 7) is 5.19. The standard InChI is InChI=1S/C23H46N4O2/c24-16-9-12-20-27-21-13-18-25-17-10-6-4-7-14-22(28)26-19-11-5-2-1-3-8-15-23(27)29/h25H,1-21,24H2,(H,26,28). The number of nitrogens with one attached hydrogen (secondary N) is 2. The van der Waals surface area contributed by atoms with Crippen molar-refractivity contribution in [3.63, 3.8) is 0 Å². The Bertz CT molecular complexity index is 418. The first kappa shape index (κ1) is 25.9. The summed E-state index contributed by atoms with van der Waals surface area (Å²) in [5.41, 5.74) is 5.61. The lowest BCUT2D eigenvalue weighted by atomic mass is 10.1. The zero-order chi connectivity index (χ0) is 21.0. The van der Waals surface area contributed by atoms with E-state index >= 15 is 0 Å². The van der Waals surface area contributed by atoms with E-state index in [1.807, 2.05) is 0 Å². The molecule has 0 atom stereocenters. The summed E-state index contributed by atoms with van der Waals surface area (Å²) in [6.07, 6.45) is 15.5. The van der Waals surface area contributed by atoms with E-state index in [0.717, 1.165) is 96.9 Å². The van der Waals surface area contributed by atoms with Gasteiger partial charge in [0.25, 0.3) is 0 Å². The summed E-state index contributed by atoms with van der Waals surface area (Å²) in [6, 6.07) is 0. The number of hydrogen-bond acceptors (Lipinski definition) is 4. The van der Waals surface area contributed by atoms with E-state index in [2.05, 4.69) is 15.5 Å². The van der Waals surface area contributed by atoms with Crippen LogP contribution >= 0.6 is 0 Å². The SMILES string of the molecule is NCCCCN1CCCNCCCCCCC(=O)NCCCCCCCCC1=O. The van der Waals surface area contributed by atoms with E-state index in [1.54, 1.807) is 0 Å². The molecule has 29 heavy (non-hydrogen) atoms. The summed E-state index contributed by atoms with van der Waals surface area (Å²) in [5.74, 6) is 0.520. The maximum atomic E-state index is 12.6. The number of carbonyl (C=O) groups excluding carboxylic acids is 2. The Morgan fingerprint density at radius 3 is 2.10 bits per heavy atom. The first-order valence-corrected chi connectivity index (χ1v) is 12.2. The van der Waals surface area contributed by atoms with Crippen LogP contribution in [0, 0.1) is 0 Å². The summed E-state index contributed by atoms with van der Waals surface area (Å²) in [5, 5.41) is 6.54. The molecule has 6 nitrogen and oxygen atoms in total. The quantitative estimate of drug-likeness (QED) is 0.620. The van der Waals surface area contributed by atoms with Gasteiger partial charge in [-0.1, -0.05) is 38.5 Å². The van der Waals surface area contributed by atoms with Crippen molar-refractivity contribution in [3.8, 4) is 0 Å². The molecule has 1 heterocycles. The predicted molar refractivity (Wildman–Crippen MR) is 121 cm³/mol. The lowest BCUT2D eigenvalue weighted by molar-refractivity contribution is -0.131. The predicted octanol–water partition coefficient (Wildman–Crippen LogP) is 3.34. The zero-order valence-electron chi connectivity index (χ0n) is 18.7. The number of rotatable bonds is 4. The highest BCUT2D eigenvalue weighted by atomic mass is 16.2. The van der Waals surface area contributed by atoms with E-state index in [4.69, 9.17) is 5.73 Å². The van der Waals surface area contributed by atoms with Crippen molar-refractivity contribution in [1.82, 2.24) is 15.5 Å². The summed E-state index contributed by atoms with van der Waals surface area (Å²) in [7, 11) is 0. The van der Waals surface area contributed by atoms with Gasteiger partial charge in [0.15, 0.2) is 0 Å². The maximum absolute atomic E-state index is 12.6. The van der Waals surface area contributed by atoms with Crippen LogP contribution in [0.25, 0.3) is 0 Å². The highest BCUT2D eigenvalue weighted by Crippen LogP contribution is 2.10. The number of carbonyl (C=O) groups is 2. The van der Waals surface area contributed by atoms with Crippen molar-refractivity contribution >= 4 is 11.8 Å². The highest BCUT2D eigenvalue weighted by molar-refractivity contribution is 5.76. The molecular weight excluding hydrogens is 364 g/mol. The average molecular weight is 411 g/mol. The molecule has 0 aliphatic carbocycles. The minimum Gasteiger partial charge on any atom is -0.356 e. The van der Waals surface area contributed by atoms with Gasteiger partial charge < -0.3 is 21.3 Å². The van der Waals surface area contributed by atoms with Crippen LogP contribution in [0.4, 0.5) is 0 Å². The molecule has 1 fully saturated rings. The van der Waals surface area contributed by atoms with Gasteiger partial charge in [-0.2, -0.15) is 0 Å². The molecule has 0 radical (unpaired) electrons. The molecule has 6 heteroatoms. The van der Waals surface area contributed by atoms with Gasteiger partial charge in [0.1, 0.15) is 0 Å². The second kappa shape index (κ2) is 18.9. The van der Waals surface area contributed by atoms with Crippen molar-refractivity contribution in [2.75, 3.05) is 39.3 Å². The van der Waals surface area contributed by atoms with Crippen molar-refractivity contribution in [1.29, 1.82) is 0 Å². The third kappa shape index (κ3) is 15.4. The summed E-state index contributed by atoms with van der Waals surface area (Å²) in [4.78, 5) is 26.5. The molecule has 0 saturated carbocycles. The average Bonchev–Trinajstić information content (AvgIpc) is 2.71. The molecule has 0 spiro atoms. The van der Waals surface area contributed by atoms with Crippen molar-refractivity contribution in [3.05, 3.63) is 0 Å². The van der Waals surface area contributed by atoms with Crippen LogP contribution in [0.5, 0.6) is 0 Å². The molecule has 1 rings (SSSR count). The molecule has 170 valence electrons. The largest absolute Gasteiger partial charge is 0.356 e. The van der Waals surface area contributed by atoms with Crippen LogP contribution in [0.3, 0.4) is 0 Å². The van der Waals surface area contributed by atoms with Crippen LogP contribution in [0.1, 0.15) is 96.3 Å². The number of unbranched alkanes of at least 4 members (excludes halogenated alkanes) is 1. The number of hydrogen-bond donors (Lipinski definition) is 3. The van der Waals surface area contributed by atoms with Crippen molar-refractivity contribution in [2.24, 2.45) is 5.73 Å². The van der Waals surface area contributed by atoms with Crippen LogP contribution in [-0.4, -0.2) is 56.0 Å². The van der Waals surface area contributed by atoms with Gasteiger partial charge in [0.05, 0.1) is 0 Å². The van der Waals surface area contributed by atoms with E-state index in [1.165, 1.54) is 19.3 Å². The van der Waals surface area contributed by atoms with E-state index in [-0.39, 0.29) is 5.91 Å². The van der Waals surface area contributed by atoms with Gasteiger partial charge in [-0.15, -0.1) is 0 Å². The summed E-state index contributed by atoms with van der Waals surface area (Å²) < 4.78 is 0. The van der Waals surface area contributed by atoms with Gasteiger partial charge in [-0.25, -0.2) is 0 Å². The molecule has 1 aliphatic rings.